The molecule has 1 unspecified atom stereocenters. The second-order valence-corrected chi connectivity index (χ2v) is 5.02. The third-order valence-electron chi connectivity index (χ3n) is 3.05. The summed E-state index contributed by atoms with van der Waals surface area (Å²) in [5.41, 5.74) is 0.475. The minimum atomic E-state index is -0.835. The fourth-order valence-electron chi connectivity index (χ4n) is 2.08. The first kappa shape index (κ1) is 13.0. The monoisotopic (exact) mass is 312 g/mol. The molecule has 18 heavy (non-hydrogen) atoms. The Bertz CT molecular complexity index is 478. The van der Waals surface area contributed by atoms with Crippen molar-refractivity contribution in [1.82, 2.24) is 9.88 Å². The molecule has 2 rings (SSSR count). The van der Waals surface area contributed by atoms with Crippen molar-refractivity contribution in [3.05, 3.63) is 28.5 Å². The summed E-state index contributed by atoms with van der Waals surface area (Å²) in [6.45, 7) is 0.874. The number of pyridine rings is 1. The van der Waals surface area contributed by atoms with Gasteiger partial charge in [0.1, 0.15) is 4.60 Å². The van der Waals surface area contributed by atoms with E-state index in [1.54, 1.807) is 23.2 Å². The Morgan fingerprint density at radius 2 is 2.28 bits per heavy atom. The maximum atomic E-state index is 12.3. The van der Waals surface area contributed by atoms with Crippen molar-refractivity contribution >= 4 is 27.8 Å². The van der Waals surface area contributed by atoms with E-state index >= 15 is 0 Å². The first-order valence-electron chi connectivity index (χ1n) is 5.72. The largest absolute Gasteiger partial charge is 0.481 e. The quantitative estimate of drug-likeness (QED) is 0.845. The molecule has 1 fully saturated rings. The van der Waals surface area contributed by atoms with E-state index in [1.165, 1.54) is 0 Å². The van der Waals surface area contributed by atoms with Gasteiger partial charge in [-0.15, -0.1) is 0 Å². The van der Waals surface area contributed by atoms with E-state index < -0.39 is 11.9 Å². The molecule has 0 radical (unpaired) electrons. The van der Waals surface area contributed by atoms with Gasteiger partial charge in [0, 0.05) is 19.3 Å². The van der Waals surface area contributed by atoms with Gasteiger partial charge in [-0.25, -0.2) is 4.98 Å². The summed E-state index contributed by atoms with van der Waals surface area (Å²) in [7, 11) is 0. The molecule has 1 aliphatic heterocycles. The van der Waals surface area contributed by atoms with Crippen molar-refractivity contribution in [3.8, 4) is 0 Å². The SMILES string of the molecule is O=C(O)C1CCCN(C(=O)c2cccnc2Br)C1. The minimum Gasteiger partial charge on any atom is -0.481 e. The van der Waals surface area contributed by atoms with Gasteiger partial charge in [0.2, 0.25) is 0 Å². The van der Waals surface area contributed by atoms with Gasteiger partial charge in [-0.3, -0.25) is 9.59 Å². The molecule has 6 heteroatoms. The van der Waals surface area contributed by atoms with Crippen LogP contribution in [0.4, 0.5) is 0 Å². The fraction of sp³-hybridized carbons (Fsp3) is 0.417. The van der Waals surface area contributed by atoms with Crippen molar-refractivity contribution in [2.45, 2.75) is 12.8 Å². The fourth-order valence-corrected chi connectivity index (χ4v) is 2.50. The van der Waals surface area contributed by atoms with E-state index in [9.17, 15) is 9.59 Å². The van der Waals surface area contributed by atoms with E-state index in [4.69, 9.17) is 5.11 Å². The maximum absolute atomic E-state index is 12.3. The van der Waals surface area contributed by atoms with Crippen molar-refractivity contribution in [2.75, 3.05) is 13.1 Å². The normalized spacial score (nSPS) is 19.6. The molecule has 1 N–H and O–H groups in total. The highest BCUT2D eigenvalue weighted by atomic mass is 79.9. The number of rotatable bonds is 2. The van der Waals surface area contributed by atoms with Crippen molar-refractivity contribution in [2.24, 2.45) is 5.92 Å². The summed E-state index contributed by atoms with van der Waals surface area (Å²) in [6.07, 6.45) is 2.95. The lowest BCUT2D eigenvalue weighted by atomic mass is 9.98. The Kier molecular flexibility index (Phi) is 3.96. The van der Waals surface area contributed by atoms with Crippen LogP contribution in [0.3, 0.4) is 0 Å². The topological polar surface area (TPSA) is 70.5 Å². The molecule has 1 aromatic heterocycles. The average molecular weight is 313 g/mol. The lowest BCUT2D eigenvalue weighted by Crippen LogP contribution is -2.42. The lowest BCUT2D eigenvalue weighted by molar-refractivity contribution is -0.143. The van der Waals surface area contributed by atoms with Gasteiger partial charge in [-0.05, 0) is 40.9 Å². The third kappa shape index (κ3) is 2.69. The van der Waals surface area contributed by atoms with Crippen molar-refractivity contribution < 1.29 is 14.7 Å². The van der Waals surface area contributed by atoms with Crippen molar-refractivity contribution in [1.29, 1.82) is 0 Å². The zero-order chi connectivity index (χ0) is 13.1. The van der Waals surface area contributed by atoms with Crippen LogP contribution in [0.25, 0.3) is 0 Å². The molecule has 0 spiro atoms. The highest BCUT2D eigenvalue weighted by molar-refractivity contribution is 9.10. The molecule has 0 saturated carbocycles. The number of hydrogen-bond acceptors (Lipinski definition) is 3. The number of hydrogen-bond donors (Lipinski definition) is 1. The van der Waals surface area contributed by atoms with Crippen LogP contribution in [0.2, 0.25) is 0 Å². The Hall–Kier alpha value is -1.43. The third-order valence-corrected chi connectivity index (χ3v) is 3.68. The van der Waals surface area contributed by atoms with E-state index in [0.717, 1.165) is 6.42 Å². The number of carbonyl (C=O) groups is 2. The van der Waals surface area contributed by atoms with Gasteiger partial charge < -0.3 is 10.0 Å². The average Bonchev–Trinajstić information content (AvgIpc) is 2.38. The molecule has 5 nitrogen and oxygen atoms in total. The number of piperidine rings is 1. The molecule has 1 aliphatic rings. The zero-order valence-corrected chi connectivity index (χ0v) is 11.3. The molecule has 1 amide bonds. The second kappa shape index (κ2) is 5.48. The van der Waals surface area contributed by atoms with Gasteiger partial charge in [-0.2, -0.15) is 0 Å². The number of aliphatic carboxylic acids is 1. The maximum Gasteiger partial charge on any atom is 0.308 e. The van der Waals surface area contributed by atoms with Gasteiger partial charge in [0.15, 0.2) is 0 Å². The lowest BCUT2D eigenvalue weighted by Gasteiger charge is -2.30. The summed E-state index contributed by atoms with van der Waals surface area (Å²) >= 11 is 3.23. The Labute approximate surface area is 113 Å². The van der Waals surface area contributed by atoms with Crippen molar-refractivity contribution in [3.63, 3.8) is 0 Å². The molecule has 2 heterocycles. The second-order valence-electron chi connectivity index (χ2n) is 4.27. The summed E-state index contributed by atoms with van der Waals surface area (Å²) < 4.78 is 0.493. The van der Waals surface area contributed by atoms with E-state index in [0.29, 0.717) is 23.1 Å². The van der Waals surface area contributed by atoms with Gasteiger partial charge >= 0.3 is 5.97 Å². The number of carbonyl (C=O) groups excluding carboxylic acids is 1. The van der Waals surface area contributed by atoms with Crippen LogP contribution >= 0.6 is 15.9 Å². The number of aromatic nitrogens is 1. The molecular weight excluding hydrogens is 300 g/mol. The standard InChI is InChI=1S/C12H13BrN2O3/c13-10-9(4-1-5-14-10)11(16)15-6-2-3-8(7-15)12(17)18/h1,4-5,8H,2-3,6-7H2,(H,17,18). The minimum absolute atomic E-state index is 0.166. The number of halogens is 1. The number of nitrogens with zero attached hydrogens (tertiary/aromatic N) is 2. The Balaban J connectivity index is 2.14. The van der Waals surface area contributed by atoms with E-state index in [-0.39, 0.29) is 12.5 Å². The first-order chi connectivity index (χ1) is 8.59. The van der Waals surface area contributed by atoms with E-state index in [1.807, 2.05) is 0 Å². The van der Waals surface area contributed by atoms with Crippen LogP contribution in [0.15, 0.2) is 22.9 Å². The molecule has 0 aromatic carbocycles. The molecule has 1 saturated heterocycles. The highest BCUT2D eigenvalue weighted by Crippen LogP contribution is 2.21. The molecule has 0 bridgehead atoms. The number of amides is 1. The van der Waals surface area contributed by atoms with Crippen LogP contribution in [-0.4, -0.2) is 40.0 Å². The van der Waals surface area contributed by atoms with Gasteiger partial charge in [-0.1, -0.05) is 0 Å². The first-order valence-corrected chi connectivity index (χ1v) is 6.51. The molecule has 1 atom stereocenters. The number of carboxylic acid groups (broad SMARTS) is 1. The highest BCUT2D eigenvalue weighted by Gasteiger charge is 2.29. The number of carboxylic acids is 1. The molecule has 96 valence electrons. The van der Waals surface area contributed by atoms with Gasteiger partial charge in [0.05, 0.1) is 11.5 Å². The Morgan fingerprint density at radius 1 is 1.50 bits per heavy atom. The smallest absolute Gasteiger partial charge is 0.308 e. The van der Waals surface area contributed by atoms with Crippen LogP contribution in [0, 0.1) is 5.92 Å². The summed E-state index contributed by atoms with van der Waals surface area (Å²) in [6, 6.07) is 3.38. The molecular formula is C12H13BrN2O3. The van der Waals surface area contributed by atoms with Gasteiger partial charge in [0.25, 0.3) is 5.91 Å². The van der Waals surface area contributed by atoms with Crippen LogP contribution in [-0.2, 0) is 4.79 Å². The predicted octanol–water partition coefficient (Wildman–Crippen LogP) is 1.78. The van der Waals surface area contributed by atoms with Crippen LogP contribution in [0.1, 0.15) is 23.2 Å². The van der Waals surface area contributed by atoms with Crippen LogP contribution in [0.5, 0.6) is 0 Å². The number of likely N-dealkylation sites (tertiary alicyclic amines) is 1. The van der Waals surface area contributed by atoms with Crippen LogP contribution < -0.4 is 0 Å². The van der Waals surface area contributed by atoms with E-state index in [2.05, 4.69) is 20.9 Å². The predicted molar refractivity (Wildman–Crippen MR) is 68.2 cm³/mol. The summed E-state index contributed by atoms with van der Waals surface area (Å²) in [5.74, 6) is -1.46. The molecule has 0 aliphatic carbocycles. The summed E-state index contributed by atoms with van der Waals surface area (Å²) in [5, 5.41) is 9.00. The molecule has 1 aromatic rings. The Morgan fingerprint density at radius 3 is 2.94 bits per heavy atom. The summed E-state index contributed by atoms with van der Waals surface area (Å²) in [4.78, 5) is 28.8. The zero-order valence-electron chi connectivity index (χ0n) is 9.67.